The Morgan fingerprint density at radius 2 is 1.94 bits per heavy atom. The van der Waals surface area contributed by atoms with Crippen LogP contribution in [-0.2, 0) is 4.74 Å². The van der Waals surface area contributed by atoms with Gasteiger partial charge in [-0.15, -0.1) is 0 Å². The van der Waals surface area contributed by atoms with E-state index in [9.17, 15) is 4.79 Å². The lowest BCUT2D eigenvalue weighted by molar-refractivity contribution is 0.0526. The van der Waals surface area contributed by atoms with Gasteiger partial charge in [-0.3, -0.25) is 0 Å². The van der Waals surface area contributed by atoms with Crippen molar-refractivity contribution < 1.29 is 9.53 Å². The first-order valence-electron chi connectivity index (χ1n) is 5.74. The summed E-state index contributed by atoms with van der Waals surface area (Å²) in [4.78, 5) is 11.7. The number of halogens is 1. The van der Waals surface area contributed by atoms with E-state index in [2.05, 4.69) is 15.9 Å². The average molecular weight is 305 g/mol. The lowest BCUT2D eigenvalue weighted by atomic mass is 10.0. The SMILES string of the molecule is CCOC(=O)c1cccc(-c2ccccc2Br)c1. The van der Waals surface area contributed by atoms with Gasteiger partial charge in [-0.1, -0.05) is 46.3 Å². The zero-order valence-electron chi connectivity index (χ0n) is 10.0. The zero-order chi connectivity index (χ0) is 13.0. The molecule has 2 nitrogen and oxygen atoms in total. The predicted molar refractivity (Wildman–Crippen MR) is 75.5 cm³/mol. The predicted octanol–water partition coefficient (Wildman–Crippen LogP) is 4.29. The molecule has 0 N–H and O–H groups in total. The van der Waals surface area contributed by atoms with Gasteiger partial charge in [0, 0.05) is 4.47 Å². The fraction of sp³-hybridized carbons (Fsp3) is 0.133. The molecule has 92 valence electrons. The van der Waals surface area contributed by atoms with Crippen LogP contribution in [-0.4, -0.2) is 12.6 Å². The van der Waals surface area contributed by atoms with E-state index in [0.29, 0.717) is 12.2 Å². The third-order valence-electron chi connectivity index (χ3n) is 2.56. The maximum atomic E-state index is 11.7. The first-order chi connectivity index (χ1) is 8.72. The molecule has 3 heteroatoms. The molecule has 0 radical (unpaired) electrons. The third-order valence-corrected chi connectivity index (χ3v) is 3.25. The molecule has 2 rings (SSSR count). The Hall–Kier alpha value is -1.61. The van der Waals surface area contributed by atoms with Gasteiger partial charge in [0.1, 0.15) is 0 Å². The highest BCUT2D eigenvalue weighted by atomic mass is 79.9. The Labute approximate surface area is 115 Å². The first kappa shape index (κ1) is 12.8. The van der Waals surface area contributed by atoms with Crippen molar-refractivity contribution in [3.05, 3.63) is 58.6 Å². The van der Waals surface area contributed by atoms with Gasteiger partial charge in [0.15, 0.2) is 0 Å². The number of rotatable bonds is 3. The van der Waals surface area contributed by atoms with Crippen molar-refractivity contribution in [1.82, 2.24) is 0 Å². The van der Waals surface area contributed by atoms with Crippen LogP contribution in [0.2, 0.25) is 0 Å². The summed E-state index contributed by atoms with van der Waals surface area (Å²) in [5, 5.41) is 0. The Balaban J connectivity index is 2.39. The molecule has 0 aliphatic carbocycles. The van der Waals surface area contributed by atoms with Crippen LogP contribution in [0.15, 0.2) is 53.0 Å². The van der Waals surface area contributed by atoms with Crippen LogP contribution >= 0.6 is 15.9 Å². The van der Waals surface area contributed by atoms with Crippen molar-refractivity contribution in [3.8, 4) is 11.1 Å². The minimum absolute atomic E-state index is 0.286. The lowest BCUT2D eigenvalue weighted by Crippen LogP contribution is -2.04. The number of hydrogen-bond donors (Lipinski definition) is 0. The molecular formula is C15H13BrO2. The van der Waals surface area contributed by atoms with Gasteiger partial charge in [0.25, 0.3) is 0 Å². The molecule has 0 atom stereocenters. The van der Waals surface area contributed by atoms with Crippen LogP contribution < -0.4 is 0 Å². The van der Waals surface area contributed by atoms with Crippen molar-refractivity contribution in [2.24, 2.45) is 0 Å². The van der Waals surface area contributed by atoms with E-state index in [4.69, 9.17) is 4.74 Å². The highest BCUT2D eigenvalue weighted by molar-refractivity contribution is 9.10. The maximum Gasteiger partial charge on any atom is 0.338 e. The van der Waals surface area contributed by atoms with Gasteiger partial charge in [-0.25, -0.2) is 4.79 Å². The topological polar surface area (TPSA) is 26.3 Å². The normalized spacial score (nSPS) is 10.1. The van der Waals surface area contributed by atoms with Gasteiger partial charge in [0.05, 0.1) is 12.2 Å². The molecule has 0 aliphatic rings. The van der Waals surface area contributed by atoms with E-state index < -0.39 is 0 Å². The van der Waals surface area contributed by atoms with Crippen molar-refractivity contribution in [1.29, 1.82) is 0 Å². The van der Waals surface area contributed by atoms with Gasteiger partial charge in [-0.05, 0) is 36.2 Å². The number of esters is 1. The molecular weight excluding hydrogens is 292 g/mol. The molecule has 0 aromatic heterocycles. The van der Waals surface area contributed by atoms with E-state index in [-0.39, 0.29) is 5.97 Å². The number of carbonyl (C=O) groups excluding carboxylic acids is 1. The Kier molecular flexibility index (Phi) is 4.15. The molecule has 2 aromatic carbocycles. The zero-order valence-corrected chi connectivity index (χ0v) is 11.6. The van der Waals surface area contributed by atoms with Crippen LogP contribution in [0, 0.1) is 0 Å². The number of hydrogen-bond acceptors (Lipinski definition) is 2. The minimum Gasteiger partial charge on any atom is -0.462 e. The Bertz CT molecular complexity index is 564. The van der Waals surface area contributed by atoms with Gasteiger partial charge >= 0.3 is 5.97 Å². The summed E-state index contributed by atoms with van der Waals surface area (Å²) in [5.74, 6) is -0.286. The second kappa shape index (κ2) is 5.83. The highest BCUT2D eigenvalue weighted by Gasteiger charge is 2.08. The minimum atomic E-state index is -0.286. The molecule has 0 heterocycles. The maximum absolute atomic E-state index is 11.7. The van der Waals surface area contributed by atoms with Gasteiger partial charge in [-0.2, -0.15) is 0 Å². The molecule has 0 aliphatic heterocycles. The van der Waals surface area contributed by atoms with Crippen molar-refractivity contribution in [2.75, 3.05) is 6.61 Å². The fourth-order valence-electron chi connectivity index (χ4n) is 1.72. The summed E-state index contributed by atoms with van der Waals surface area (Å²) < 4.78 is 6.00. The molecule has 0 fully saturated rings. The summed E-state index contributed by atoms with van der Waals surface area (Å²) in [7, 11) is 0. The smallest absolute Gasteiger partial charge is 0.338 e. The number of benzene rings is 2. The first-order valence-corrected chi connectivity index (χ1v) is 6.53. The molecule has 0 spiro atoms. The van der Waals surface area contributed by atoms with Crippen LogP contribution in [0.4, 0.5) is 0 Å². The number of carbonyl (C=O) groups is 1. The van der Waals surface area contributed by atoms with E-state index in [1.54, 1.807) is 13.0 Å². The second-order valence-electron chi connectivity index (χ2n) is 3.78. The van der Waals surface area contributed by atoms with Crippen molar-refractivity contribution >= 4 is 21.9 Å². The van der Waals surface area contributed by atoms with Gasteiger partial charge < -0.3 is 4.74 Å². The van der Waals surface area contributed by atoms with E-state index in [0.717, 1.165) is 15.6 Å². The largest absolute Gasteiger partial charge is 0.462 e. The molecule has 0 amide bonds. The summed E-state index contributed by atoms with van der Waals surface area (Å²) in [5.41, 5.74) is 2.63. The average Bonchev–Trinajstić information content (AvgIpc) is 2.40. The second-order valence-corrected chi connectivity index (χ2v) is 4.64. The monoisotopic (exact) mass is 304 g/mol. The van der Waals surface area contributed by atoms with Crippen LogP contribution in [0.1, 0.15) is 17.3 Å². The quantitative estimate of drug-likeness (QED) is 0.791. The third kappa shape index (κ3) is 2.79. The summed E-state index contributed by atoms with van der Waals surface area (Å²) in [6, 6.07) is 15.4. The number of ether oxygens (including phenoxy) is 1. The van der Waals surface area contributed by atoms with Crippen molar-refractivity contribution in [3.63, 3.8) is 0 Å². The fourth-order valence-corrected chi connectivity index (χ4v) is 2.24. The Morgan fingerprint density at radius 3 is 2.67 bits per heavy atom. The Morgan fingerprint density at radius 1 is 1.17 bits per heavy atom. The van der Waals surface area contributed by atoms with Crippen LogP contribution in [0.5, 0.6) is 0 Å². The summed E-state index contributed by atoms with van der Waals surface area (Å²) in [6.45, 7) is 2.19. The highest BCUT2D eigenvalue weighted by Crippen LogP contribution is 2.28. The molecule has 0 saturated carbocycles. The summed E-state index contributed by atoms with van der Waals surface area (Å²) >= 11 is 3.51. The van der Waals surface area contributed by atoms with Crippen molar-refractivity contribution in [2.45, 2.75) is 6.92 Å². The molecule has 18 heavy (non-hydrogen) atoms. The van der Waals surface area contributed by atoms with Crippen LogP contribution in [0.3, 0.4) is 0 Å². The molecule has 0 bridgehead atoms. The van der Waals surface area contributed by atoms with E-state index in [1.165, 1.54) is 0 Å². The lowest BCUT2D eigenvalue weighted by Gasteiger charge is -2.07. The van der Waals surface area contributed by atoms with E-state index >= 15 is 0 Å². The van der Waals surface area contributed by atoms with Gasteiger partial charge in [0.2, 0.25) is 0 Å². The van der Waals surface area contributed by atoms with E-state index in [1.807, 2.05) is 42.5 Å². The molecule has 0 unspecified atom stereocenters. The summed E-state index contributed by atoms with van der Waals surface area (Å²) in [6.07, 6.45) is 0. The molecule has 2 aromatic rings. The standard InChI is InChI=1S/C15H13BrO2/c1-2-18-15(17)12-7-5-6-11(10-12)13-8-3-4-9-14(13)16/h3-10H,2H2,1H3. The molecule has 0 saturated heterocycles. The van der Waals surface area contributed by atoms with Crippen LogP contribution in [0.25, 0.3) is 11.1 Å².